The van der Waals surface area contributed by atoms with E-state index >= 15 is 0 Å². The van der Waals surface area contributed by atoms with Gasteiger partial charge in [-0.1, -0.05) is 32.0 Å². The van der Waals surface area contributed by atoms with E-state index in [0.717, 1.165) is 19.3 Å². The lowest BCUT2D eigenvalue weighted by atomic mass is 9.84. The van der Waals surface area contributed by atoms with E-state index in [0.29, 0.717) is 0 Å². The van der Waals surface area contributed by atoms with Gasteiger partial charge in [0.15, 0.2) is 0 Å². The normalized spacial score (nSPS) is 13.8. The largest absolute Gasteiger partial charge is 0.377 e. The third-order valence-electron chi connectivity index (χ3n) is 4.42. The summed E-state index contributed by atoms with van der Waals surface area (Å²) < 4.78 is 7.14. The molecule has 4 heteroatoms. The Labute approximate surface area is 125 Å². The van der Waals surface area contributed by atoms with Crippen molar-refractivity contribution in [2.45, 2.75) is 44.8 Å². The zero-order valence-electron chi connectivity index (χ0n) is 12.5. The Balaban J connectivity index is 2.30. The number of rotatable bonds is 7. The van der Waals surface area contributed by atoms with Crippen LogP contribution in [-0.4, -0.2) is 18.8 Å². The second-order valence-electron chi connectivity index (χ2n) is 5.16. The van der Waals surface area contributed by atoms with Gasteiger partial charge >= 0.3 is 0 Å². The van der Waals surface area contributed by atoms with Crippen molar-refractivity contribution >= 4 is 21.4 Å². The van der Waals surface area contributed by atoms with Gasteiger partial charge in [0.1, 0.15) is 0 Å². The molecule has 0 saturated carbocycles. The zero-order chi connectivity index (χ0) is 14.6. The molecule has 0 spiro atoms. The van der Waals surface area contributed by atoms with Gasteiger partial charge in [-0.15, -0.1) is 11.3 Å². The molecule has 110 valence electrons. The Morgan fingerprint density at radius 3 is 2.60 bits per heavy atom. The van der Waals surface area contributed by atoms with Crippen LogP contribution in [0.5, 0.6) is 0 Å². The van der Waals surface area contributed by atoms with Gasteiger partial charge in [0, 0.05) is 11.8 Å². The molecular formula is C16H24N2OS. The molecular weight excluding hydrogens is 268 g/mol. The number of hydrogen-bond donors (Lipinski definition) is 2. The lowest BCUT2D eigenvalue weighted by Gasteiger charge is -2.38. The maximum absolute atomic E-state index is 5.82. The van der Waals surface area contributed by atoms with E-state index in [2.05, 4.69) is 48.9 Å². The third kappa shape index (κ3) is 2.74. The minimum Gasteiger partial charge on any atom is -0.377 e. The number of benzene rings is 1. The summed E-state index contributed by atoms with van der Waals surface area (Å²) in [4.78, 5) is 0. The fraction of sp³-hybridized carbons (Fsp3) is 0.500. The lowest BCUT2D eigenvalue weighted by Crippen LogP contribution is -2.55. The van der Waals surface area contributed by atoms with E-state index in [4.69, 9.17) is 10.6 Å². The fourth-order valence-electron chi connectivity index (χ4n) is 2.98. The summed E-state index contributed by atoms with van der Waals surface area (Å²) in [5, 5.41) is 3.57. The minimum atomic E-state index is -0.211. The first-order chi connectivity index (χ1) is 9.70. The smallest absolute Gasteiger partial charge is 0.0842 e. The maximum atomic E-state index is 5.82. The molecule has 0 aliphatic rings. The summed E-state index contributed by atoms with van der Waals surface area (Å²) in [5.74, 6) is 5.82. The quantitative estimate of drug-likeness (QED) is 0.606. The van der Waals surface area contributed by atoms with Crippen LogP contribution in [0.2, 0.25) is 0 Å². The number of hydrogen-bond acceptors (Lipinski definition) is 4. The standard InChI is InChI=1S/C16H24N2OS/c1-4-16(5-2,19-3)15(18-17)10-12-11-20-14-9-7-6-8-13(12)14/h6-9,11,15,18H,4-5,10,17H2,1-3H3. The molecule has 3 nitrogen and oxygen atoms in total. The second kappa shape index (κ2) is 6.68. The molecule has 2 aromatic rings. The topological polar surface area (TPSA) is 47.3 Å². The van der Waals surface area contributed by atoms with Crippen LogP contribution in [0.4, 0.5) is 0 Å². The van der Waals surface area contributed by atoms with E-state index in [9.17, 15) is 0 Å². The molecule has 1 aromatic carbocycles. The highest BCUT2D eigenvalue weighted by Crippen LogP contribution is 2.31. The number of nitrogens with two attached hydrogens (primary N) is 1. The van der Waals surface area contributed by atoms with Crippen LogP contribution in [0.3, 0.4) is 0 Å². The van der Waals surface area contributed by atoms with E-state index in [1.807, 2.05) is 0 Å². The molecule has 0 saturated heterocycles. The molecule has 0 bridgehead atoms. The maximum Gasteiger partial charge on any atom is 0.0842 e. The van der Waals surface area contributed by atoms with Gasteiger partial charge in [-0.25, -0.2) is 0 Å². The molecule has 3 N–H and O–H groups in total. The summed E-state index contributed by atoms with van der Waals surface area (Å²) in [6.45, 7) is 4.31. The van der Waals surface area contributed by atoms with Crippen molar-refractivity contribution < 1.29 is 4.74 Å². The van der Waals surface area contributed by atoms with Crippen LogP contribution in [0.25, 0.3) is 10.1 Å². The molecule has 1 unspecified atom stereocenters. The minimum absolute atomic E-state index is 0.112. The highest BCUT2D eigenvalue weighted by atomic mass is 32.1. The average molecular weight is 292 g/mol. The van der Waals surface area contributed by atoms with Gasteiger partial charge in [0.05, 0.1) is 11.6 Å². The van der Waals surface area contributed by atoms with E-state index in [1.54, 1.807) is 18.4 Å². The van der Waals surface area contributed by atoms with Crippen molar-refractivity contribution in [3.63, 3.8) is 0 Å². The van der Waals surface area contributed by atoms with Crippen molar-refractivity contribution in [1.29, 1.82) is 0 Å². The van der Waals surface area contributed by atoms with Crippen molar-refractivity contribution in [3.05, 3.63) is 35.2 Å². The average Bonchev–Trinajstić information content (AvgIpc) is 2.91. The summed E-state index contributed by atoms with van der Waals surface area (Å²) in [6.07, 6.45) is 2.77. The van der Waals surface area contributed by atoms with E-state index < -0.39 is 0 Å². The number of ether oxygens (including phenoxy) is 1. The van der Waals surface area contributed by atoms with Crippen LogP contribution >= 0.6 is 11.3 Å². The number of hydrazine groups is 1. The van der Waals surface area contributed by atoms with Crippen LogP contribution in [0, 0.1) is 0 Å². The lowest BCUT2D eigenvalue weighted by molar-refractivity contribution is -0.0472. The van der Waals surface area contributed by atoms with Crippen LogP contribution in [-0.2, 0) is 11.2 Å². The number of thiophene rings is 1. The number of fused-ring (bicyclic) bond motifs is 1. The van der Waals surface area contributed by atoms with Crippen molar-refractivity contribution in [1.82, 2.24) is 5.43 Å². The molecule has 1 aromatic heterocycles. The Morgan fingerprint density at radius 1 is 1.30 bits per heavy atom. The molecule has 20 heavy (non-hydrogen) atoms. The SMILES string of the molecule is CCC(CC)(OC)C(Cc1csc2ccccc12)NN. The molecule has 0 amide bonds. The summed E-state index contributed by atoms with van der Waals surface area (Å²) >= 11 is 1.79. The molecule has 1 heterocycles. The highest BCUT2D eigenvalue weighted by molar-refractivity contribution is 7.17. The molecule has 1 atom stereocenters. The molecule has 0 aliphatic heterocycles. The van der Waals surface area contributed by atoms with Crippen LogP contribution < -0.4 is 11.3 Å². The Morgan fingerprint density at radius 2 is 2.00 bits per heavy atom. The van der Waals surface area contributed by atoms with Gasteiger partial charge in [0.2, 0.25) is 0 Å². The Kier molecular flexibility index (Phi) is 5.16. The molecule has 2 rings (SSSR count). The van der Waals surface area contributed by atoms with Crippen LogP contribution in [0.15, 0.2) is 29.6 Å². The van der Waals surface area contributed by atoms with Crippen molar-refractivity contribution in [2.24, 2.45) is 5.84 Å². The fourth-order valence-corrected chi connectivity index (χ4v) is 3.96. The first-order valence-corrected chi connectivity index (χ1v) is 8.05. The van der Waals surface area contributed by atoms with Gasteiger partial charge < -0.3 is 4.74 Å². The Hall–Kier alpha value is -0.940. The van der Waals surface area contributed by atoms with Crippen molar-refractivity contribution in [3.8, 4) is 0 Å². The first-order valence-electron chi connectivity index (χ1n) is 7.17. The first kappa shape index (κ1) is 15.4. The summed E-state index contributed by atoms with van der Waals surface area (Å²) in [6, 6.07) is 8.63. The van der Waals surface area contributed by atoms with Gasteiger partial charge in [-0.3, -0.25) is 11.3 Å². The van der Waals surface area contributed by atoms with Gasteiger partial charge in [0.25, 0.3) is 0 Å². The zero-order valence-corrected chi connectivity index (χ0v) is 13.3. The van der Waals surface area contributed by atoms with Gasteiger partial charge in [-0.2, -0.15) is 0 Å². The Bertz CT molecular complexity index is 540. The predicted octanol–water partition coefficient (Wildman–Crippen LogP) is 3.48. The number of methoxy groups -OCH3 is 1. The summed E-state index contributed by atoms with van der Waals surface area (Å²) in [7, 11) is 1.78. The number of nitrogens with one attached hydrogen (secondary N) is 1. The monoisotopic (exact) mass is 292 g/mol. The molecule has 0 radical (unpaired) electrons. The van der Waals surface area contributed by atoms with Crippen LogP contribution in [0.1, 0.15) is 32.3 Å². The second-order valence-corrected chi connectivity index (χ2v) is 6.07. The van der Waals surface area contributed by atoms with Crippen molar-refractivity contribution in [2.75, 3.05) is 7.11 Å². The summed E-state index contributed by atoms with van der Waals surface area (Å²) in [5.41, 5.74) is 4.11. The third-order valence-corrected chi connectivity index (χ3v) is 5.44. The van der Waals surface area contributed by atoms with E-state index in [1.165, 1.54) is 15.6 Å². The molecule has 0 fully saturated rings. The highest BCUT2D eigenvalue weighted by Gasteiger charge is 2.35. The van der Waals surface area contributed by atoms with E-state index in [-0.39, 0.29) is 11.6 Å². The predicted molar refractivity (Wildman–Crippen MR) is 87.0 cm³/mol. The molecule has 0 aliphatic carbocycles. The van der Waals surface area contributed by atoms with Gasteiger partial charge in [-0.05, 0) is 41.7 Å².